The number of aryl methyl sites for hydroxylation is 1. The fourth-order valence-corrected chi connectivity index (χ4v) is 2.90. The molecule has 2 aromatic carbocycles. The molecule has 0 fully saturated rings. The zero-order valence-corrected chi connectivity index (χ0v) is 15.5. The summed E-state index contributed by atoms with van der Waals surface area (Å²) in [5, 5.41) is 7.78. The topological polar surface area (TPSA) is 55.1 Å². The van der Waals surface area contributed by atoms with Gasteiger partial charge in [0.05, 0.1) is 10.0 Å². The number of hydrogen-bond acceptors (Lipinski definition) is 3. The Morgan fingerprint density at radius 1 is 1.17 bits per heavy atom. The highest BCUT2D eigenvalue weighted by Crippen LogP contribution is 2.32. The molecule has 3 aromatic rings. The first-order valence-electron chi connectivity index (χ1n) is 6.95. The monoisotopic (exact) mass is 424 g/mol. The molecule has 1 amide bonds. The zero-order valence-electron chi connectivity index (χ0n) is 12.4. The first kappa shape index (κ1) is 17.0. The molecule has 0 atom stereocenters. The van der Waals surface area contributed by atoms with Gasteiger partial charge in [0.25, 0.3) is 5.91 Å². The predicted octanol–water partition coefficient (Wildman–Crippen LogP) is 5.97. The fraction of sp³-hybridized carbons (Fsp3) is 0.0588. The van der Waals surface area contributed by atoms with Crippen LogP contribution in [0.4, 0.5) is 5.69 Å². The van der Waals surface area contributed by atoms with Crippen LogP contribution in [0.3, 0.4) is 0 Å². The molecule has 0 spiro atoms. The zero-order chi connectivity index (χ0) is 17.3. The van der Waals surface area contributed by atoms with Crippen LogP contribution in [0, 0.1) is 6.92 Å². The number of carbonyl (C=O) groups excluding carboxylic acids is 1. The molecule has 1 N–H and O–H groups in total. The molecule has 0 radical (unpaired) electrons. The van der Waals surface area contributed by atoms with Crippen LogP contribution in [0.5, 0.6) is 0 Å². The second kappa shape index (κ2) is 6.97. The van der Waals surface area contributed by atoms with E-state index < -0.39 is 0 Å². The molecule has 0 aliphatic carbocycles. The van der Waals surface area contributed by atoms with Gasteiger partial charge in [-0.2, -0.15) is 0 Å². The molecule has 0 saturated carbocycles. The van der Waals surface area contributed by atoms with Gasteiger partial charge >= 0.3 is 0 Å². The number of halogens is 3. The molecule has 24 heavy (non-hydrogen) atoms. The quantitative estimate of drug-likeness (QED) is 0.562. The molecule has 1 aromatic heterocycles. The Morgan fingerprint density at radius 3 is 2.62 bits per heavy atom. The van der Waals surface area contributed by atoms with Gasteiger partial charge in [0, 0.05) is 15.7 Å². The van der Waals surface area contributed by atoms with Crippen LogP contribution in [0.25, 0.3) is 11.3 Å². The fourth-order valence-electron chi connectivity index (χ4n) is 2.24. The second-order valence-electron chi connectivity index (χ2n) is 5.03. The average Bonchev–Trinajstić information content (AvgIpc) is 2.93. The van der Waals surface area contributed by atoms with E-state index in [9.17, 15) is 4.79 Å². The van der Waals surface area contributed by atoms with Gasteiger partial charge in [-0.25, -0.2) is 0 Å². The second-order valence-corrected chi connectivity index (χ2v) is 6.69. The summed E-state index contributed by atoms with van der Waals surface area (Å²) in [6, 6.07) is 12.3. The molecule has 0 aliphatic rings. The Labute approximate surface area is 156 Å². The Morgan fingerprint density at radius 2 is 1.92 bits per heavy atom. The third-order valence-electron chi connectivity index (χ3n) is 3.40. The largest absolute Gasteiger partial charge is 0.360 e. The highest BCUT2D eigenvalue weighted by Gasteiger charge is 2.23. The van der Waals surface area contributed by atoms with Crippen LogP contribution in [-0.2, 0) is 0 Å². The smallest absolute Gasteiger partial charge is 0.261 e. The van der Waals surface area contributed by atoms with Gasteiger partial charge in [-0.05, 0) is 47.1 Å². The lowest BCUT2D eigenvalue weighted by Crippen LogP contribution is -2.13. The van der Waals surface area contributed by atoms with Crippen molar-refractivity contribution in [2.24, 2.45) is 0 Å². The van der Waals surface area contributed by atoms with Crippen molar-refractivity contribution in [3.05, 3.63) is 68.3 Å². The van der Waals surface area contributed by atoms with Gasteiger partial charge < -0.3 is 9.84 Å². The van der Waals surface area contributed by atoms with Crippen LogP contribution in [0.15, 0.2) is 51.5 Å². The number of nitrogens with zero attached hydrogens (tertiary/aromatic N) is 1. The number of benzene rings is 2. The first-order chi connectivity index (χ1) is 11.5. The SMILES string of the molecule is Cc1onc(-c2ccccc2Cl)c1C(=O)Nc1ccc(Br)c(Cl)c1. The maximum absolute atomic E-state index is 12.7. The first-order valence-corrected chi connectivity index (χ1v) is 8.50. The van der Waals surface area contributed by atoms with Crippen molar-refractivity contribution < 1.29 is 9.32 Å². The van der Waals surface area contributed by atoms with Crippen LogP contribution < -0.4 is 5.32 Å². The number of carbonyl (C=O) groups is 1. The van der Waals surface area contributed by atoms with Crippen molar-refractivity contribution in [1.82, 2.24) is 5.16 Å². The van der Waals surface area contributed by atoms with Gasteiger partial charge in [-0.1, -0.05) is 46.6 Å². The Balaban J connectivity index is 1.97. The molecular weight excluding hydrogens is 415 g/mol. The molecule has 0 aliphatic heterocycles. The summed E-state index contributed by atoms with van der Waals surface area (Å²) in [6.45, 7) is 1.68. The van der Waals surface area contributed by atoms with Gasteiger partial charge in [0.15, 0.2) is 0 Å². The Kier molecular flexibility index (Phi) is 4.94. The maximum Gasteiger partial charge on any atom is 0.261 e. The molecule has 4 nitrogen and oxygen atoms in total. The standard InChI is InChI=1S/C17H11BrCl2N2O2/c1-9-15(16(22-24-9)11-4-2-3-5-13(11)19)17(23)21-10-6-7-12(18)14(20)8-10/h2-8H,1H3,(H,21,23). The summed E-state index contributed by atoms with van der Waals surface area (Å²) in [6.07, 6.45) is 0. The Hall–Kier alpha value is -1.82. The van der Waals surface area contributed by atoms with E-state index in [4.69, 9.17) is 27.7 Å². The third-order valence-corrected chi connectivity index (χ3v) is 4.96. The van der Waals surface area contributed by atoms with Crippen molar-refractivity contribution in [2.75, 3.05) is 5.32 Å². The third kappa shape index (κ3) is 3.34. The Bertz CT molecular complexity index is 925. The number of amides is 1. The number of aromatic nitrogens is 1. The summed E-state index contributed by atoms with van der Waals surface area (Å²) >= 11 is 15.6. The lowest BCUT2D eigenvalue weighted by Gasteiger charge is -2.07. The van der Waals surface area contributed by atoms with Crippen LogP contribution in [0.1, 0.15) is 16.1 Å². The maximum atomic E-state index is 12.7. The molecule has 7 heteroatoms. The molecule has 1 heterocycles. The van der Waals surface area contributed by atoms with E-state index in [2.05, 4.69) is 26.4 Å². The van der Waals surface area contributed by atoms with E-state index in [1.807, 2.05) is 12.1 Å². The molecule has 0 bridgehead atoms. The molecular formula is C17H11BrCl2N2O2. The van der Waals surface area contributed by atoms with Crippen molar-refractivity contribution in [2.45, 2.75) is 6.92 Å². The highest BCUT2D eigenvalue weighted by atomic mass is 79.9. The van der Waals surface area contributed by atoms with E-state index in [1.54, 1.807) is 37.3 Å². The number of hydrogen-bond donors (Lipinski definition) is 1. The van der Waals surface area contributed by atoms with Crippen molar-refractivity contribution in [3.63, 3.8) is 0 Å². The van der Waals surface area contributed by atoms with Gasteiger partial charge in [-0.15, -0.1) is 0 Å². The van der Waals surface area contributed by atoms with E-state index in [0.717, 1.165) is 4.47 Å². The minimum absolute atomic E-state index is 0.335. The lowest BCUT2D eigenvalue weighted by atomic mass is 10.1. The lowest BCUT2D eigenvalue weighted by molar-refractivity contribution is 0.102. The number of nitrogens with one attached hydrogen (secondary N) is 1. The molecule has 0 saturated heterocycles. The van der Waals surface area contributed by atoms with Gasteiger partial charge in [-0.3, -0.25) is 4.79 Å². The molecule has 0 unspecified atom stereocenters. The molecule has 122 valence electrons. The predicted molar refractivity (Wildman–Crippen MR) is 98.8 cm³/mol. The van der Waals surface area contributed by atoms with Crippen molar-refractivity contribution >= 4 is 50.7 Å². The summed E-state index contributed by atoms with van der Waals surface area (Å²) in [5.41, 5.74) is 1.94. The van der Waals surface area contributed by atoms with Crippen LogP contribution >= 0.6 is 39.1 Å². The minimum Gasteiger partial charge on any atom is -0.360 e. The van der Waals surface area contributed by atoms with E-state index in [1.165, 1.54) is 0 Å². The summed E-state index contributed by atoms with van der Waals surface area (Å²) in [4.78, 5) is 12.7. The average molecular weight is 426 g/mol. The summed E-state index contributed by atoms with van der Waals surface area (Å²) in [7, 11) is 0. The minimum atomic E-state index is -0.345. The molecule has 3 rings (SSSR count). The van der Waals surface area contributed by atoms with E-state index in [-0.39, 0.29) is 5.91 Å². The summed E-state index contributed by atoms with van der Waals surface area (Å²) < 4.78 is 5.95. The normalized spacial score (nSPS) is 10.7. The van der Waals surface area contributed by atoms with E-state index >= 15 is 0 Å². The van der Waals surface area contributed by atoms with Gasteiger partial charge in [0.1, 0.15) is 17.0 Å². The number of anilines is 1. The van der Waals surface area contributed by atoms with E-state index in [0.29, 0.717) is 38.3 Å². The summed E-state index contributed by atoms with van der Waals surface area (Å²) in [5.74, 6) is 0.0627. The highest BCUT2D eigenvalue weighted by molar-refractivity contribution is 9.10. The number of rotatable bonds is 3. The van der Waals surface area contributed by atoms with Gasteiger partial charge in [0.2, 0.25) is 0 Å². The van der Waals surface area contributed by atoms with Crippen molar-refractivity contribution in [1.29, 1.82) is 0 Å². The van der Waals surface area contributed by atoms with Crippen LogP contribution in [-0.4, -0.2) is 11.1 Å². The van der Waals surface area contributed by atoms with Crippen LogP contribution in [0.2, 0.25) is 10.0 Å². The van der Waals surface area contributed by atoms with Crippen molar-refractivity contribution in [3.8, 4) is 11.3 Å².